The molecule has 4 rings (SSSR count). The zero-order valence-corrected chi connectivity index (χ0v) is 16.7. The Morgan fingerprint density at radius 2 is 1.68 bits per heavy atom. The maximum Gasteiger partial charge on any atom is 0.240 e. The largest absolute Gasteiger partial charge is 0.508 e. The number of amides is 1. The maximum absolute atomic E-state index is 13.0. The number of carbonyl (C=O) groups is 1. The number of likely N-dealkylation sites (tertiary alicyclic amines) is 2. The van der Waals surface area contributed by atoms with Crippen LogP contribution in [-0.2, 0) is 11.3 Å². The second kappa shape index (κ2) is 8.36. The van der Waals surface area contributed by atoms with Crippen LogP contribution in [0.15, 0.2) is 48.5 Å². The lowest BCUT2D eigenvalue weighted by atomic mass is 9.92. The highest BCUT2D eigenvalue weighted by Gasteiger charge is 2.36. The van der Waals surface area contributed by atoms with Crippen molar-refractivity contribution in [1.82, 2.24) is 9.80 Å². The van der Waals surface area contributed by atoms with Crippen molar-refractivity contribution < 1.29 is 9.90 Å². The summed E-state index contributed by atoms with van der Waals surface area (Å²) in [6, 6.07) is 16.2. The second-order valence-corrected chi connectivity index (χ2v) is 8.31. The Kier molecular flexibility index (Phi) is 5.67. The molecule has 2 heterocycles. The molecule has 2 fully saturated rings. The molecular weight excluding hydrogens is 348 g/mol. The van der Waals surface area contributed by atoms with Gasteiger partial charge in [-0.25, -0.2) is 0 Å². The van der Waals surface area contributed by atoms with Crippen molar-refractivity contribution in [3.63, 3.8) is 0 Å². The highest BCUT2D eigenvalue weighted by Crippen LogP contribution is 2.31. The molecule has 0 bridgehead atoms. The van der Waals surface area contributed by atoms with Crippen LogP contribution in [0.3, 0.4) is 0 Å². The molecule has 4 nitrogen and oxygen atoms in total. The van der Waals surface area contributed by atoms with E-state index in [1.165, 1.54) is 16.7 Å². The van der Waals surface area contributed by atoms with E-state index in [0.717, 1.165) is 51.9 Å². The van der Waals surface area contributed by atoms with Gasteiger partial charge in [-0.2, -0.15) is 0 Å². The van der Waals surface area contributed by atoms with Gasteiger partial charge in [0.25, 0.3) is 0 Å². The van der Waals surface area contributed by atoms with E-state index in [0.29, 0.717) is 17.6 Å². The molecule has 2 aromatic rings. The first-order valence-electron chi connectivity index (χ1n) is 10.5. The van der Waals surface area contributed by atoms with Crippen LogP contribution in [-0.4, -0.2) is 46.5 Å². The van der Waals surface area contributed by atoms with Gasteiger partial charge in [-0.05, 0) is 74.9 Å². The van der Waals surface area contributed by atoms with Crippen LogP contribution in [0, 0.1) is 6.92 Å². The molecule has 0 aliphatic carbocycles. The van der Waals surface area contributed by atoms with Crippen LogP contribution in [0.1, 0.15) is 48.3 Å². The summed E-state index contributed by atoms with van der Waals surface area (Å²) in [6.07, 6.45) is 4.28. The van der Waals surface area contributed by atoms with Gasteiger partial charge >= 0.3 is 0 Å². The van der Waals surface area contributed by atoms with Crippen LogP contribution < -0.4 is 0 Å². The third-order valence-corrected chi connectivity index (χ3v) is 6.33. The predicted octanol–water partition coefficient (Wildman–Crippen LogP) is 4.07. The molecule has 1 N–H and O–H groups in total. The third-order valence-electron chi connectivity index (χ3n) is 6.33. The molecule has 0 aromatic heterocycles. The summed E-state index contributed by atoms with van der Waals surface area (Å²) >= 11 is 0. The van der Waals surface area contributed by atoms with Crippen LogP contribution in [0.4, 0.5) is 0 Å². The minimum atomic E-state index is 0.0454. The van der Waals surface area contributed by atoms with Crippen LogP contribution in [0.5, 0.6) is 5.75 Å². The van der Waals surface area contributed by atoms with Gasteiger partial charge in [0.1, 0.15) is 5.75 Å². The van der Waals surface area contributed by atoms with Gasteiger partial charge in [0.05, 0.1) is 6.04 Å². The molecule has 1 amide bonds. The van der Waals surface area contributed by atoms with Gasteiger partial charge < -0.3 is 10.0 Å². The topological polar surface area (TPSA) is 43.8 Å². The number of nitrogens with zero attached hydrogens (tertiary/aromatic N) is 2. The fourth-order valence-corrected chi connectivity index (χ4v) is 4.64. The normalized spacial score (nSPS) is 23.8. The van der Waals surface area contributed by atoms with Gasteiger partial charge in [0.2, 0.25) is 5.91 Å². The van der Waals surface area contributed by atoms with Gasteiger partial charge in [-0.1, -0.05) is 42.0 Å². The number of rotatable bonds is 4. The fraction of sp³-hybridized carbons (Fsp3) is 0.458. The summed E-state index contributed by atoms with van der Waals surface area (Å²) in [5.74, 6) is 1.14. The smallest absolute Gasteiger partial charge is 0.240 e. The Morgan fingerprint density at radius 3 is 2.43 bits per heavy atom. The van der Waals surface area contributed by atoms with Crippen LogP contribution in [0.2, 0.25) is 0 Å². The zero-order valence-electron chi connectivity index (χ0n) is 16.7. The molecule has 0 radical (unpaired) electrons. The van der Waals surface area contributed by atoms with Crippen molar-refractivity contribution in [2.75, 3.05) is 19.6 Å². The molecule has 28 heavy (non-hydrogen) atoms. The minimum absolute atomic E-state index is 0.0454. The van der Waals surface area contributed by atoms with Crippen molar-refractivity contribution in [2.24, 2.45) is 0 Å². The van der Waals surface area contributed by atoms with E-state index in [1.807, 2.05) is 17.0 Å². The number of hydrogen-bond acceptors (Lipinski definition) is 3. The standard InChI is InChI=1S/C24H30N2O2/c1-18-4-6-19(7-5-18)17-26-16-13-23(24(26)28)25-14-2-3-20(12-15-25)21-8-10-22(27)11-9-21/h4-11,20,23,27H,2-3,12-17H2,1H3. The van der Waals surface area contributed by atoms with E-state index in [9.17, 15) is 9.90 Å². The summed E-state index contributed by atoms with van der Waals surface area (Å²) in [5.41, 5.74) is 3.77. The average Bonchev–Trinajstić information content (AvgIpc) is 2.91. The first-order valence-corrected chi connectivity index (χ1v) is 10.5. The molecule has 0 spiro atoms. The number of phenolic OH excluding ortho intramolecular Hbond substituents is 1. The summed E-state index contributed by atoms with van der Waals surface area (Å²) in [7, 11) is 0. The van der Waals surface area contributed by atoms with Crippen molar-refractivity contribution in [3.8, 4) is 5.75 Å². The number of hydrogen-bond donors (Lipinski definition) is 1. The molecule has 2 atom stereocenters. The lowest BCUT2D eigenvalue weighted by molar-refractivity contribution is -0.132. The number of benzene rings is 2. The Bertz CT molecular complexity index is 800. The number of carbonyl (C=O) groups excluding carboxylic acids is 1. The van der Waals surface area contributed by atoms with E-state index in [1.54, 1.807) is 12.1 Å². The van der Waals surface area contributed by atoms with Crippen molar-refractivity contribution in [1.29, 1.82) is 0 Å². The van der Waals surface area contributed by atoms with Gasteiger partial charge in [-0.3, -0.25) is 9.69 Å². The fourth-order valence-electron chi connectivity index (χ4n) is 4.64. The van der Waals surface area contributed by atoms with E-state index in [-0.39, 0.29) is 6.04 Å². The van der Waals surface area contributed by atoms with E-state index >= 15 is 0 Å². The van der Waals surface area contributed by atoms with Crippen LogP contribution in [0.25, 0.3) is 0 Å². The molecule has 148 valence electrons. The van der Waals surface area contributed by atoms with E-state index in [4.69, 9.17) is 0 Å². The molecule has 2 aliphatic heterocycles. The Balaban J connectivity index is 1.36. The zero-order chi connectivity index (χ0) is 19.5. The maximum atomic E-state index is 13.0. The minimum Gasteiger partial charge on any atom is -0.508 e. The SMILES string of the molecule is Cc1ccc(CN2CCC(N3CCCC(c4ccc(O)cc4)CC3)C2=O)cc1. The van der Waals surface area contributed by atoms with Crippen molar-refractivity contribution in [3.05, 3.63) is 65.2 Å². The summed E-state index contributed by atoms with van der Waals surface area (Å²) in [5, 5.41) is 9.52. The lowest BCUT2D eigenvalue weighted by Crippen LogP contribution is -2.42. The first-order chi connectivity index (χ1) is 13.6. The monoisotopic (exact) mass is 378 g/mol. The highest BCUT2D eigenvalue weighted by atomic mass is 16.3. The highest BCUT2D eigenvalue weighted by molar-refractivity contribution is 5.84. The summed E-state index contributed by atoms with van der Waals surface area (Å²) in [4.78, 5) is 17.5. The van der Waals surface area contributed by atoms with Crippen LogP contribution >= 0.6 is 0 Å². The van der Waals surface area contributed by atoms with Gasteiger partial charge in [0.15, 0.2) is 0 Å². The molecule has 4 heteroatoms. The van der Waals surface area contributed by atoms with Crippen molar-refractivity contribution in [2.45, 2.75) is 51.1 Å². The van der Waals surface area contributed by atoms with E-state index < -0.39 is 0 Å². The quantitative estimate of drug-likeness (QED) is 0.872. The Labute approximate surface area is 167 Å². The summed E-state index contributed by atoms with van der Waals surface area (Å²) in [6.45, 7) is 5.64. The lowest BCUT2D eigenvalue weighted by Gasteiger charge is -2.26. The Hall–Kier alpha value is -2.33. The van der Waals surface area contributed by atoms with Gasteiger partial charge in [-0.15, -0.1) is 0 Å². The first kappa shape index (κ1) is 19.0. The third kappa shape index (κ3) is 4.22. The summed E-state index contributed by atoms with van der Waals surface area (Å²) < 4.78 is 0. The molecule has 2 aromatic carbocycles. The second-order valence-electron chi connectivity index (χ2n) is 8.31. The Morgan fingerprint density at radius 1 is 0.929 bits per heavy atom. The average molecular weight is 379 g/mol. The molecule has 2 aliphatic rings. The van der Waals surface area contributed by atoms with E-state index in [2.05, 4.69) is 36.1 Å². The van der Waals surface area contributed by atoms with Crippen molar-refractivity contribution >= 4 is 5.91 Å². The number of phenols is 1. The molecular formula is C24H30N2O2. The molecule has 2 unspecified atom stereocenters. The predicted molar refractivity (Wildman–Crippen MR) is 111 cm³/mol. The number of aromatic hydroxyl groups is 1. The molecule has 2 saturated heterocycles. The molecule has 0 saturated carbocycles. The number of aryl methyl sites for hydroxylation is 1. The van der Waals surface area contributed by atoms with Gasteiger partial charge in [0, 0.05) is 13.1 Å².